The van der Waals surface area contributed by atoms with Gasteiger partial charge in [-0.1, -0.05) is 39.5 Å². The molecule has 0 aromatic heterocycles. The van der Waals surface area contributed by atoms with Crippen LogP contribution in [-0.4, -0.2) is 35.1 Å². The monoisotopic (exact) mass is 241 g/mol. The van der Waals surface area contributed by atoms with E-state index in [1.165, 1.54) is 0 Å². The maximum absolute atomic E-state index is 12.1. The quantitative estimate of drug-likeness (QED) is 0.776. The number of nitrogens with zero attached hydrogens (tertiary/aromatic N) is 1. The Kier molecular flexibility index (Phi) is 5.44. The number of amides is 1. The summed E-state index contributed by atoms with van der Waals surface area (Å²) in [6.07, 6.45) is 7.05. The molecule has 1 aliphatic carbocycles. The molecule has 1 aliphatic rings. The van der Waals surface area contributed by atoms with E-state index in [4.69, 9.17) is 0 Å². The summed E-state index contributed by atoms with van der Waals surface area (Å²) in [4.78, 5) is 13.8. The molecule has 0 spiro atoms. The summed E-state index contributed by atoms with van der Waals surface area (Å²) in [6.45, 7) is 4.64. The van der Waals surface area contributed by atoms with Crippen molar-refractivity contribution >= 4 is 5.91 Å². The Bertz CT molecular complexity index is 247. The number of rotatable bonds is 6. The Labute approximate surface area is 105 Å². The van der Waals surface area contributed by atoms with Crippen LogP contribution >= 0.6 is 0 Å². The topological polar surface area (TPSA) is 40.5 Å². The molecular weight excluding hydrogens is 214 g/mol. The first-order chi connectivity index (χ1) is 7.98. The molecule has 0 aromatic carbocycles. The van der Waals surface area contributed by atoms with Crippen LogP contribution in [0.1, 0.15) is 58.8 Å². The summed E-state index contributed by atoms with van der Waals surface area (Å²) < 4.78 is 0. The Morgan fingerprint density at radius 2 is 2.00 bits per heavy atom. The number of aliphatic hydroxyl groups is 1. The fourth-order valence-corrected chi connectivity index (χ4v) is 2.72. The van der Waals surface area contributed by atoms with Crippen LogP contribution in [0.15, 0.2) is 0 Å². The smallest absolute Gasteiger partial charge is 0.225 e. The van der Waals surface area contributed by atoms with Gasteiger partial charge in [0, 0.05) is 19.5 Å². The van der Waals surface area contributed by atoms with Crippen molar-refractivity contribution in [2.24, 2.45) is 5.92 Å². The zero-order chi connectivity index (χ0) is 12.9. The number of hydrogen-bond donors (Lipinski definition) is 1. The van der Waals surface area contributed by atoms with Crippen molar-refractivity contribution in [2.45, 2.75) is 64.4 Å². The molecule has 0 heterocycles. The van der Waals surface area contributed by atoms with Gasteiger partial charge in [-0.05, 0) is 19.3 Å². The number of carbonyl (C=O) groups excluding carboxylic acids is 1. The molecule has 3 heteroatoms. The first-order valence-corrected chi connectivity index (χ1v) is 6.96. The highest BCUT2D eigenvalue weighted by molar-refractivity contribution is 5.78. The summed E-state index contributed by atoms with van der Waals surface area (Å²) in [5.74, 6) is 0.267. The summed E-state index contributed by atoms with van der Waals surface area (Å²) >= 11 is 0. The van der Waals surface area contributed by atoms with Gasteiger partial charge in [0.05, 0.1) is 5.60 Å². The van der Waals surface area contributed by atoms with Gasteiger partial charge in [-0.15, -0.1) is 0 Å². The lowest BCUT2D eigenvalue weighted by atomic mass is 9.99. The summed E-state index contributed by atoms with van der Waals surface area (Å²) in [6, 6.07) is 0. The zero-order valence-corrected chi connectivity index (χ0v) is 11.5. The molecule has 1 saturated carbocycles. The van der Waals surface area contributed by atoms with Crippen LogP contribution in [0.3, 0.4) is 0 Å². The van der Waals surface area contributed by atoms with Gasteiger partial charge >= 0.3 is 0 Å². The van der Waals surface area contributed by atoms with Crippen LogP contribution in [0.25, 0.3) is 0 Å². The Hall–Kier alpha value is -0.570. The molecule has 0 bridgehead atoms. The lowest BCUT2D eigenvalue weighted by Crippen LogP contribution is -2.43. The molecule has 0 aromatic rings. The second kappa shape index (κ2) is 6.39. The highest BCUT2D eigenvalue weighted by Gasteiger charge is 2.34. The molecule has 1 fully saturated rings. The average molecular weight is 241 g/mol. The third-order valence-electron chi connectivity index (χ3n) is 3.85. The minimum Gasteiger partial charge on any atom is -0.388 e. The van der Waals surface area contributed by atoms with E-state index in [1.54, 1.807) is 4.90 Å². The Morgan fingerprint density at radius 1 is 1.41 bits per heavy atom. The van der Waals surface area contributed by atoms with Crippen LogP contribution in [0.4, 0.5) is 0 Å². The molecule has 0 aliphatic heterocycles. The van der Waals surface area contributed by atoms with E-state index >= 15 is 0 Å². The van der Waals surface area contributed by atoms with E-state index in [-0.39, 0.29) is 11.8 Å². The Morgan fingerprint density at radius 3 is 2.53 bits per heavy atom. The predicted octanol–water partition coefficient (Wildman–Crippen LogP) is 2.58. The lowest BCUT2D eigenvalue weighted by Gasteiger charge is -2.30. The van der Waals surface area contributed by atoms with Crippen LogP contribution in [0.5, 0.6) is 0 Å². The first-order valence-electron chi connectivity index (χ1n) is 6.96. The lowest BCUT2D eigenvalue weighted by molar-refractivity contribution is -0.137. The number of carbonyl (C=O) groups is 1. The highest BCUT2D eigenvalue weighted by Crippen LogP contribution is 2.30. The molecule has 1 unspecified atom stereocenters. The molecule has 100 valence electrons. The van der Waals surface area contributed by atoms with E-state index in [0.717, 1.165) is 44.9 Å². The molecule has 1 rings (SSSR count). The molecular formula is C14H27NO2. The van der Waals surface area contributed by atoms with Gasteiger partial charge in [-0.2, -0.15) is 0 Å². The number of likely N-dealkylation sites (N-methyl/N-ethyl adjacent to an activating group) is 1. The average Bonchev–Trinajstić information content (AvgIpc) is 2.71. The normalized spacial score (nSPS) is 20.2. The van der Waals surface area contributed by atoms with Crippen molar-refractivity contribution in [1.29, 1.82) is 0 Å². The van der Waals surface area contributed by atoms with Crippen molar-refractivity contribution in [3.05, 3.63) is 0 Å². The SMILES string of the molecule is CCCCC(C)C(=O)N(C)CC1(O)CCCC1. The van der Waals surface area contributed by atoms with E-state index in [1.807, 2.05) is 14.0 Å². The third-order valence-corrected chi connectivity index (χ3v) is 3.85. The predicted molar refractivity (Wildman–Crippen MR) is 69.7 cm³/mol. The standard InChI is InChI=1S/C14H27NO2/c1-4-5-8-12(2)13(16)15(3)11-14(17)9-6-7-10-14/h12,17H,4-11H2,1-3H3. The third kappa shape index (κ3) is 4.30. The van der Waals surface area contributed by atoms with E-state index in [2.05, 4.69) is 6.92 Å². The summed E-state index contributed by atoms with van der Waals surface area (Å²) in [5, 5.41) is 10.3. The molecule has 1 N–H and O–H groups in total. The van der Waals surface area contributed by atoms with Gasteiger partial charge in [0.15, 0.2) is 0 Å². The highest BCUT2D eigenvalue weighted by atomic mass is 16.3. The zero-order valence-electron chi connectivity index (χ0n) is 11.5. The minimum absolute atomic E-state index is 0.0879. The van der Waals surface area contributed by atoms with Crippen molar-refractivity contribution in [3.63, 3.8) is 0 Å². The Balaban J connectivity index is 2.40. The van der Waals surface area contributed by atoms with Crippen LogP contribution < -0.4 is 0 Å². The molecule has 17 heavy (non-hydrogen) atoms. The second-order valence-corrected chi connectivity index (χ2v) is 5.67. The van der Waals surface area contributed by atoms with E-state index < -0.39 is 5.60 Å². The van der Waals surface area contributed by atoms with E-state index in [9.17, 15) is 9.90 Å². The van der Waals surface area contributed by atoms with Gasteiger partial charge < -0.3 is 10.0 Å². The molecule has 1 amide bonds. The molecule has 1 atom stereocenters. The van der Waals surface area contributed by atoms with Crippen molar-refractivity contribution in [3.8, 4) is 0 Å². The van der Waals surface area contributed by atoms with Gasteiger partial charge in [0.2, 0.25) is 5.91 Å². The largest absolute Gasteiger partial charge is 0.388 e. The minimum atomic E-state index is -0.616. The van der Waals surface area contributed by atoms with E-state index in [0.29, 0.717) is 6.54 Å². The van der Waals surface area contributed by atoms with Crippen molar-refractivity contribution < 1.29 is 9.90 Å². The summed E-state index contributed by atoms with van der Waals surface area (Å²) in [5.41, 5.74) is -0.616. The van der Waals surface area contributed by atoms with Crippen LogP contribution in [0.2, 0.25) is 0 Å². The molecule has 3 nitrogen and oxygen atoms in total. The number of unbranched alkanes of at least 4 members (excludes halogenated alkanes) is 1. The van der Waals surface area contributed by atoms with Gasteiger partial charge in [-0.3, -0.25) is 4.79 Å². The maximum atomic E-state index is 12.1. The fraction of sp³-hybridized carbons (Fsp3) is 0.929. The maximum Gasteiger partial charge on any atom is 0.225 e. The number of hydrogen-bond acceptors (Lipinski definition) is 2. The molecule has 0 radical (unpaired) electrons. The summed E-state index contributed by atoms with van der Waals surface area (Å²) in [7, 11) is 1.82. The first kappa shape index (κ1) is 14.5. The fourth-order valence-electron chi connectivity index (χ4n) is 2.72. The van der Waals surface area contributed by atoms with Crippen LogP contribution in [-0.2, 0) is 4.79 Å². The van der Waals surface area contributed by atoms with Gasteiger partial charge in [0.25, 0.3) is 0 Å². The van der Waals surface area contributed by atoms with Crippen molar-refractivity contribution in [2.75, 3.05) is 13.6 Å². The van der Waals surface area contributed by atoms with Gasteiger partial charge in [-0.25, -0.2) is 0 Å². The second-order valence-electron chi connectivity index (χ2n) is 5.67. The molecule has 0 saturated heterocycles. The van der Waals surface area contributed by atoms with Gasteiger partial charge in [0.1, 0.15) is 0 Å². The van der Waals surface area contributed by atoms with Crippen LogP contribution in [0, 0.1) is 5.92 Å². The van der Waals surface area contributed by atoms with Crippen molar-refractivity contribution in [1.82, 2.24) is 4.90 Å².